The number of halogens is 2. The van der Waals surface area contributed by atoms with Crippen molar-refractivity contribution in [2.45, 2.75) is 46.1 Å². The molecule has 102 valence electrons. The van der Waals surface area contributed by atoms with Gasteiger partial charge in [0.15, 0.2) is 0 Å². The van der Waals surface area contributed by atoms with Crippen molar-refractivity contribution in [3.63, 3.8) is 0 Å². The fourth-order valence-electron chi connectivity index (χ4n) is 2.34. The van der Waals surface area contributed by atoms with Crippen LogP contribution in [0.1, 0.15) is 39.2 Å². The Labute approximate surface area is 121 Å². The Balaban J connectivity index is 2.79. The van der Waals surface area contributed by atoms with Crippen molar-refractivity contribution in [3.05, 3.63) is 33.8 Å². The lowest BCUT2D eigenvalue weighted by atomic mass is 9.91. The lowest BCUT2D eigenvalue weighted by Gasteiger charge is -2.25. The SMILES string of the molecule is CCCC(C)C(Cc1cccc(Cl)c1Cl)NCC. The largest absolute Gasteiger partial charge is 0.314 e. The van der Waals surface area contributed by atoms with E-state index in [0.29, 0.717) is 22.0 Å². The molecule has 18 heavy (non-hydrogen) atoms. The smallest absolute Gasteiger partial charge is 0.0624 e. The summed E-state index contributed by atoms with van der Waals surface area (Å²) >= 11 is 12.3. The zero-order valence-corrected chi connectivity index (χ0v) is 13.0. The van der Waals surface area contributed by atoms with E-state index in [9.17, 15) is 0 Å². The summed E-state index contributed by atoms with van der Waals surface area (Å²) in [5.41, 5.74) is 1.14. The maximum Gasteiger partial charge on any atom is 0.0624 e. The molecule has 0 bridgehead atoms. The molecule has 1 aromatic carbocycles. The molecule has 0 aliphatic heterocycles. The Morgan fingerprint density at radius 2 is 1.94 bits per heavy atom. The number of likely N-dealkylation sites (N-methyl/N-ethyl adjacent to an activating group) is 1. The van der Waals surface area contributed by atoms with Crippen LogP contribution in [0.15, 0.2) is 18.2 Å². The Bertz CT molecular complexity index is 366. The molecule has 0 spiro atoms. The van der Waals surface area contributed by atoms with Crippen molar-refractivity contribution in [2.75, 3.05) is 6.54 Å². The summed E-state index contributed by atoms with van der Waals surface area (Å²) in [6, 6.07) is 6.34. The lowest BCUT2D eigenvalue weighted by molar-refractivity contribution is 0.358. The highest BCUT2D eigenvalue weighted by Crippen LogP contribution is 2.27. The first-order chi connectivity index (χ1) is 8.60. The van der Waals surface area contributed by atoms with Crippen molar-refractivity contribution in [1.82, 2.24) is 5.32 Å². The molecule has 0 heterocycles. The van der Waals surface area contributed by atoms with Crippen molar-refractivity contribution in [3.8, 4) is 0 Å². The van der Waals surface area contributed by atoms with Crippen LogP contribution in [0, 0.1) is 5.92 Å². The number of benzene rings is 1. The molecule has 0 saturated heterocycles. The average molecular weight is 288 g/mol. The van der Waals surface area contributed by atoms with E-state index in [1.807, 2.05) is 12.1 Å². The summed E-state index contributed by atoms with van der Waals surface area (Å²) in [5.74, 6) is 0.644. The molecule has 0 saturated carbocycles. The summed E-state index contributed by atoms with van der Waals surface area (Å²) < 4.78 is 0. The third-order valence-electron chi connectivity index (χ3n) is 3.37. The van der Waals surface area contributed by atoms with Crippen molar-refractivity contribution >= 4 is 23.2 Å². The minimum atomic E-state index is 0.464. The van der Waals surface area contributed by atoms with Crippen LogP contribution < -0.4 is 5.32 Å². The third-order valence-corrected chi connectivity index (χ3v) is 4.23. The number of rotatable bonds is 7. The highest BCUT2D eigenvalue weighted by molar-refractivity contribution is 6.42. The van der Waals surface area contributed by atoms with Gasteiger partial charge in [-0.1, -0.05) is 62.5 Å². The maximum absolute atomic E-state index is 6.26. The van der Waals surface area contributed by atoms with Gasteiger partial charge in [-0.2, -0.15) is 0 Å². The van der Waals surface area contributed by atoms with Gasteiger partial charge in [-0.05, 0) is 36.9 Å². The molecule has 0 aliphatic carbocycles. The molecule has 0 aromatic heterocycles. The molecule has 1 N–H and O–H groups in total. The second-order valence-electron chi connectivity index (χ2n) is 4.85. The van der Waals surface area contributed by atoms with Gasteiger partial charge in [0.2, 0.25) is 0 Å². The highest BCUT2D eigenvalue weighted by atomic mass is 35.5. The van der Waals surface area contributed by atoms with E-state index >= 15 is 0 Å². The van der Waals surface area contributed by atoms with Gasteiger partial charge in [-0.25, -0.2) is 0 Å². The lowest BCUT2D eigenvalue weighted by Crippen LogP contribution is -2.36. The van der Waals surface area contributed by atoms with Gasteiger partial charge in [0.05, 0.1) is 10.0 Å². The summed E-state index contributed by atoms with van der Waals surface area (Å²) in [5, 5.41) is 4.91. The van der Waals surface area contributed by atoms with E-state index in [1.165, 1.54) is 12.8 Å². The van der Waals surface area contributed by atoms with Crippen molar-refractivity contribution < 1.29 is 0 Å². The highest BCUT2D eigenvalue weighted by Gasteiger charge is 2.17. The van der Waals surface area contributed by atoms with Gasteiger partial charge in [0.25, 0.3) is 0 Å². The standard InChI is InChI=1S/C15H23Cl2N/c1-4-7-11(3)14(18-5-2)10-12-8-6-9-13(16)15(12)17/h6,8-9,11,14,18H,4-5,7,10H2,1-3H3. The van der Waals surface area contributed by atoms with Crippen LogP contribution in [0.25, 0.3) is 0 Å². The van der Waals surface area contributed by atoms with E-state index in [4.69, 9.17) is 23.2 Å². The Hall–Kier alpha value is -0.240. The average Bonchev–Trinajstić information content (AvgIpc) is 2.34. The molecule has 0 radical (unpaired) electrons. The van der Waals surface area contributed by atoms with Crippen LogP contribution in [-0.2, 0) is 6.42 Å². The molecule has 1 rings (SSSR count). The molecule has 2 unspecified atom stereocenters. The van der Waals surface area contributed by atoms with Crippen molar-refractivity contribution in [2.24, 2.45) is 5.92 Å². The van der Waals surface area contributed by atoms with Gasteiger partial charge in [-0.3, -0.25) is 0 Å². The Morgan fingerprint density at radius 1 is 1.22 bits per heavy atom. The van der Waals surface area contributed by atoms with E-state index in [2.05, 4.69) is 32.2 Å². The molecular formula is C15H23Cl2N. The molecule has 0 fully saturated rings. The molecule has 2 atom stereocenters. The molecule has 3 heteroatoms. The molecular weight excluding hydrogens is 265 g/mol. The van der Waals surface area contributed by atoms with Crippen molar-refractivity contribution in [1.29, 1.82) is 0 Å². The fourth-order valence-corrected chi connectivity index (χ4v) is 2.73. The van der Waals surface area contributed by atoms with Crippen LogP contribution in [0.2, 0.25) is 10.0 Å². The van der Waals surface area contributed by atoms with E-state index in [0.717, 1.165) is 18.5 Å². The first kappa shape index (κ1) is 15.8. The topological polar surface area (TPSA) is 12.0 Å². The fraction of sp³-hybridized carbons (Fsp3) is 0.600. The Morgan fingerprint density at radius 3 is 2.56 bits per heavy atom. The van der Waals surface area contributed by atoms with Crippen LogP contribution in [-0.4, -0.2) is 12.6 Å². The molecule has 0 aliphatic rings. The predicted octanol–water partition coefficient (Wildman–Crippen LogP) is 4.95. The molecule has 0 amide bonds. The molecule has 1 aromatic rings. The normalized spacial score (nSPS) is 14.5. The van der Waals surface area contributed by atoms with Crippen LogP contribution in [0.3, 0.4) is 0 Å². The van der Waals surface area contributed by atoms with Gasteiger partial charge >= 0.3 is 0 Å². The van der Waals surface area contributed by atoms with Gasteiger partial charge in [-0.15, -0.1) is 0 Å². The second kappa shape index (κ2) is 8.04. The van der Waals surface area contributed by atoms with Gasteiger partial charge in [0.1, 0.15) is 0 Å². The molecule has 1 nitrogen and oxygen atoms in total. The monoisotopic (exact) mass is 287 g/mol. The van der Waals surface area contributed by atoms with Crippen LogP contribution in [0.4, 0.5) is 0 Å². The summed E-state index contributed by atoms with van der Waals surface area (Å²) in [6.45, 7) is 7.66. The third kappa shape index (κ3) is 4.46. The zero-order valence-electron chi connectivity index (χ0n) is 11.5. The zero-order chi connectivity index (χ0) is 13.5. The van der Waals surface area contributed by atoms with E-state index < -0.39 is 0 Å². The van der Waals surface area contributed by atoms with Gasteiger partial charge < -0.3 is 5.32 Å². The van der Waals surface area contributed by atoms with E-state index in [-0.39, 0.29) is 0 Å². The minimum absolute atomic E-state index is 0.464. The predicted molar refractivity (Wildman–Crippen MR) is 81.7 cm³/mol. The van der Waals surface area contributed by atoms with Gasteiger partial charge in [0, 0.05) is 6.04 Å². The minimum Gasteiger partial charge on any atom is -0.314 e. The number of nitrogens with one attached hydrogen (secondary N) is 1. The summed E-state index contributed by atoms with van der Waals surface area (Å²) in [7, 11) is 0. The second-order valence-corrected chi connectivity index (χ2v) is 5.63. The summed E-state index contributed by atoms with van der Waals surface area (Å²) in [6.07, 6.45) is 3.39. The Kier molecular flexibility index (Phi) is 7.06. The number of hydrogen-bond donors (Lipinski definition) is 1. The van der Waals surface area contributed by atoms with E-state index in [1.54, 1.807) is 0 Å². The summed E-state index contributed by atoms with van der Waals surface area (Å²) in [4.78, 5) is 0. The van der Waals surface area contributed by atoms with Crippen LogP contribution >= 0.6 is 23.2 Å². The maximum atomic E-state index is 6.26. The van der Waals surface area contributed by atoms with Crippen LogP contribution in [0.5, 0.6) is 0 Å². The quantitative estimate of drug-likeness (QED) is 0.748. The first-order valence-corrected chi connectivity index (χ1v) is 7.52. The first-order valence-electron chi connectivity index (χ1n) is 6.76. The number of hydrogen-bond acceptors (Lipinski definition) is 1.